The van der Waals surface area contributed by atoms with Gasteiger partial charge >= 0.3 is 0 Å². The maximum atomic E-state index is 11.5. The van der Waals surface area contributed by atoms with Gasteiger partial charge in [0.2, 0.25) is 0 Å². The van der Waals surface area contributed by atoms with Crippen LogP contribution in [0.4, 0.5) is 0 Å². The Morgan fingerprint density at radius 1 is 1.50 bits per heavy atom. The van der Waals surface area contributed by atoms with Crippen molar-refractivity contribution in [1.29, 1.82) is 0 Å². The van der Waals surface area contributed by atoms with Crippen molar-refractivity contribution < 1.29 is 9.53 Å². The molecule has 76 valence electrons. The second-order valence-corrected chi connectivity index (χ2v) is 3.80. The molecule has 0 radical (unpaired) electrons. The normalized spacial score (nSPS) is 15.4. The predicted octanol–water partition coefficient (Wildman–Crippen LogP) is 1.61. The molecular weight excluding hydrogens is 178 g/mol. The minimum atomic E-state index is 0.143. The zero-order valence-electron chi connectivity index (χ0n) is 8.89. The molecule has 0 atom stereocenters. The number of carbonyl (C=O) groups excluding carboxylic acids is 1. The SMILES string of the molecule is CC(=O)c1c2c(n(C)c1C)CCOC2. The molecule has 0 amide bonds. The lowest BCUT2D eigenvalue weighted by molar-refractivity contribution is 0.0979. The topological polar surface area (TPSA) is 31.2 Å². The number of rotatable bonds is 1. The van der Waals surface area contributed by atoms with E-state index >= 15 is 0 Å². The molecule has 0 spiro atoms. The Kier molecular flexibility index (Phi) is 2.19. The van der Waals surface area contributed by atoms with E-state index in [1.807, 2.05) is 14.0 Å². The van der Waals surface area contributed by atoms with Crippen molar-refractivity contribution in [3.05, 3.63) is 22.5 Å². The van der Waals surface area contributed by atoms with Gasteiger partial charge in [0.15, 0.2) is 5.78 Å². The molecule has 2 heterocycles. The highest BCUT2D eigenvalue weighted by atomic mass is 16.5. The highest BCUT2D eigenvalue weighted by Crippen LogP contribution is 2.26. The molecule has 3 nitrogen and oxygen atoms in total. The number of ketones is 1. The molecular formula is C11H15NO2. The van der Waals surface area contributed by atoms with Gasteiger partial charge in [0.1, 0.15) is 0 Å². The molecule has 14 heavy (non-hydrogen) atoms. The van der Waals surface area contributed by atoms with Crippen LogP contribution < -0.4 is 0 Å². The number of hydrogen-bond donors (Lipinski definition) is 0. The average molecular weight is 193 g/mol. The third-order valence-corrected chi connectivity index (χ3v) is 3.00. The van der Waals surface area contributed by atoms with Gasteiger partial charge in [-0.15, -0.1) is 0 Å². The molecule has 3 heteroatoms. The van der Waals surface area contributed by atoms with Gasteiger partial charge in [-0.1, -0.05) is 0 Å². The van der Waals surface area contributed by atoms with Gasteiger partial charge in [0.05, 0.1) is 13.2 Å². The maximum Gasteiger partial charge on any atom is 0.161 e. The number of fused-ring (bicyclic) bond motifs is 1. The molecule has 1 aliphatic heterocycles. The minimum absolute atomic E-state index is 0.143. The molecule has 0 N–H and O–H groups in total. The first-order chi connectivity index (χ1) is 6.63. The van der Waals surface area contributed by atoms with Crippen LogP contribution in [0.25, 0.3) is 0 Å². The van der Waals surface area contributed by atoms with E-state index in [1.54, 1.807) is 6.92 Å². The molecule has 0 saturated heterocycles. The molecule has 0 bridgehead atoms. The van der Waals surface area contributed by atoms with E-state index < -0.39 is 0 Å². The van der Waals surface area contributed by atoms with Crippen molar-refractivity contribution in [2.75, 3.05) is 6.61 Å². The van der Waals surface area contributed by atoms with Crippen LogP contribution in [-0.4, -0.2) is 17.0 Å². The molecule has 0 saturated carbocycles. The third kappa shape index (κ3) is 1.20. The second-order valence-electron chi connectivity index (χ2n) is 3.80. The largest absolute Gasteiger partial charge is 0.376 e. The molecule has 0 fully saturated rings. The second kappa shape index (κ2) is 3.24. The highest BCUT2D eigenvalue weighted by molar-refractivity contribution is 5.97. The zero-order valence-corrected chi connectivity index (χ0v) is 8.89. The van der Waals surface area contributed by atoms with Gasteiger partial charge in [-0.05, 0) is 13.8 Å². The summed E-state index contributed by atoms with van der Waals surface area (Å²) < 4.78 is 7.51. The Morgan fingerprint density at radius 3 is 2.86 bits per heavy atom. The molecule has 1 aliphatic rings. The summed E-state index contributed by atoms with van der Waals surface area (Å²) in [5.41, 5.74) is 4.29. The first-order valence-electron chi connectivity index (χ1n) is 4.88. The number of hydrogen-bond acceptors (Lipinski definition) is 2. The van der Waals surface area contributed by atoms with E-state index in [2.05, 4.69) is 4.57 Å². The number of carbonyl (C=O) groups is 1. The fourth-order valence-electron chi connectivity index (χ4n) is 2.22. The number of nitrogens with zero attached hydrogens (tertiary/aromatic N) is 1. The number of aromatic nitrogens is 1. The summed E-state index contributed by atoms with van der Waals surface area (Å²) in [6.45, 7) is 4.97. The number of Topliss-reactive ketones (excluding diaryl/α,β-unsaturated/α-hetero) is 1. The first-order valence-corrected chi connectivity index (χ1v) is 4.88. The third-order valence-electron chi connectivity index (χ3n) is 3.00. The van der Waals surface area contributed by atoms with Crippen LogP contribution in [0, 0.1) is 6.92 Å². The monoisotopic (exact) mass is 193 g/mol. The molecule has 0 aromatic carbocycles. The smallest absolute Gasteiger partial charge is 0.161 e. The fourth-order valence-corrected chi connectivity index (χ4v) is 2.22. The van der Waals surface area contributed by atoms with Crippen LogP contribution in [0.3, 0.4) is 0 Å². The summed E-state index contributed by atoms with van der Waals surface area (Å²) in [6, 6.07) is 0. The summed E-state index contributed by atoms with van der Waals surface area (Å²) >= 11 is 0. The van der Waals surface area contributed by atoms with Crippen LogP contribution >= 0.6 is 0 Å². The van der Waals surface area contributed by atoms with Crippen molar-refractivity contribution in [3.63, 3.8) is 0 Å². The Morgan fingerprint density at radius 2 is 2.21 bits per heavy atom. The zero-order chi connectivity index (χ0) is 10.3. The van der Waals surface area contributed by atoms with Crippen molar-refractivity contribution in [2.45, 2.75) is 26.9 Å². The van der Waals surface area contributed by atoms with Crippen LogP contribution in [-0.2, 0) is 24.8 Å². The lowest BCUT2D eigenvalue weighted by atomic mass is 10.0. The van der Waals surface area contributed by atoms with E-state index in [0.29, 0.717) is 6.61 Å². The average Bonchev–Trinajstić information content (AvgIpc) is 2.41. The summed E-state index contributed by atoms with van der Waals surface area (Å²) in [6.07, 6.45) is 0.917. The Bertz CT molecular complexity index is 390. The summed E-state index contributed by atoms with van der Waals surface area (Å²) in [5, 5.41) is 0. The maximum absolute atomic E-state index is 11.5. The molecule has 1 aromatic rings. The van der Waals surface area contributed by atoms with Gasteiger partial charge in [-0.25, -0.2) is 0 Å². The van der Waals surface area contributed by atoms with Gasteiger partial charge in [-0.3, -0.25) is 4.79 Å². The standard InChI is InChI=1S/C11H15NO2/c1-7-11(8(2)13)9-6-14-5-4-10(9)12(7)3/h4-6H2,1-3H3. The summed E-state index contributed by atoms with van der Waals surface area (Å²) in [7, 11) is 2.02. The van der Waals surface area contributed by atoms with E-state index in [0.717, 1.165) is 29.8 Å². The lowest BCUT2D eigenvalue weighted by Gasteiger charge is -2.14. The van der Waals surface area contributed by atoms with Gasteiger partial charge in [0, 0.05) is 36.0 Å². The minimum Gasteiger partial charge on any atom is -0.376 e. The van der Waals surface area contributed by atoms with Crippen LogP contribution in [0.2, 0.25) is 0 Å². The van der Waals surface area contributed by atoms with Crippen molar-refractivity contribution >= 4 is 5.78 Å². The Balaban J connectivity index is 2.65. The molecule has 0 aliphatic carbocycles. The van der Waals surface area contributed by atoms with Crippen molar-refractivity contribution in [2.24, 2.45) is 7.05 Å². The van der Waals surface area contributed by atoms with E-state index in [-0.39, 0.29) is 5.78 Å². The van der Waals surface area contributed by atoms with Crippen LogP contribution in [0.15, 0.2) is 0 Å². The molecule has 1 aromatic heterocycles. The van der Waals surface area contributed by atoms with Crippen molar-refractivity contribution in [3.8, 4) is 0 Å². The van der Waals surface area contributed by atoms with Crippen molar-refractivity contribution in [1.82, 2.24) is 4.57 Å². The van der Waals surface area contributed by atoms with Gasteiger partial charge < -0.3 is 9.30 Å². The summed E-state index contributed by atoms with van der Waals surface area (Å²) in [4.78, 5) is 11.5. The van der Waals surface area contributed by atoms with Crippen LogP contribution in [0.1, 0.15) is 34.2 Å². The van der Waals surface area contributed by atoms with E-state index in [9.17, 15) is 4.79 Å². The number of ether oxygens (including phenoxy) is 1. The van der Waals surface area contributed by atoms with E-state index in [1.165, 1.54) is 5.69 Å². The lowest BCUT2D eigenvalue weighted by Crippen LogP contribution is -2.12. The van der Waals surface area contributed by atoms with Gasteiger partial charge in [-0.2, -0.15) is 0 Å². The highest BCUT2D eigenvalue weighted by Gasteiger charge is 2.23. The molecule has 2 rings (SSSR count). The summed E-state index contributed by atoms with van der Waals surface area (Å²) in [5.74, 6) is 0.143. The first kappa shape index (κ1) is 9.46. The van der Waals surface area contributed by atoms with E-state index in [4.69, 9.17) is 4.74 Å². The Hall–Kier alpha value is -1.09. The molecule has 0 unspecified atom stereocenters. The Labute approximate surface area is 83.7 Å². The quantitative estimate of drug-likeness (QED) is 0.634. The predicted molar refractivity (Wildman–Crippen MR) is 53.5 cm³/mol. The van der Waals surface area contributed by atoms with Crippen LogP contribution in [0.5, 0.6) is 0 Å². The van der Waals surface area contributed by atoms with Gasteiger partial charge in [0.25, 0.3) is 0 Å². The fraction of sp³-hybridized carbons (Fsp3) is 0.545.